The molecule has 0 bridgehead atoms. The Bertz CT molecular complexity index is 344. The van der Waals surface area contributed by atoms with E-state index in [0.29, 0.717) is 16.5 Å². The first-order chi connectivity index (χ1) is 6.40. The van der Waals surface area contributed by atoms with Crippen molar-refractivity contribution < 1.29 is 4.79 Å². The van der Waals surface area contributed by atoms with Gasteiger partial charge in [0.2, 0.25) is 0 Å². The van der Waals surface area contributed by atoms with Crippen LogP contribution in [0.1, 0.15) is 31.1 Å². The number of anilines is 1. The summed E-state index contributed by atoms with van der Waals surface area (Å²) in [6, 6.07) is 3.20. The molecule has 0 atom stereocenters. The van der Waals surface area contributed by atoms with Gasteiger partial charge in [-0.2, -0.15) is 0 Å². The maximum Gasteiger partial charge on any atom is 0.150 e. The summed E-state index contributed by atoms with van der Waals surface area (Å²) in [4.78, 5) is 14.6. The molecule has 0 aliphatic heterocycles. The smallest absolute Gasteiger partial charge is 0.150 e. The molecule has 0 aromatic carbocycles. The van der Waals surface area contributed by atoms with Crippen molar-refractivity contribution in [3.8, 4) is 0 Å². The fourth-order valence-corrected chi connectivity index (χ4v) is 1.25. The van der Waals surface area contributed by atoms with E-state index in [2.05, 4.69) is 10.3 Å². The van der Waals surface area contributed by atoms with Crippen LogP contribution in [0, 0.1) is 0 Å². The van der Waals surface area contributed by atoms with Crippen LogP contribution in [0.4, 0.5) is 5.82 Å². The topological polar surface area (TPSA) is 42.0 Å². The van der Waals surface area contributed by atoms with E-state index in [0.717, 1.165) is 6.29 Å². The third-order valence-electron chi connectivity index (χ3n) is 1.46. The van der Waals surface area contributed by atoms with E-state index in [1.54, 1.807) is 6.07 Å². The van der Waals surface area contributed by atoms with Gasteiger partial charge in [0.15, 0.2) is 0 Å². The first kappa shape index (κ1) is 11.0. The summed E-state index contributed by atoms with van der Waals surface area (Å²) in [7, 11) is 0. The highest BCUT2D eigenvalue weighted by atomic mass is 35.5. The van der Waals surface area contributed by atoms with Gasteiger partial charge in [-0.05, 0) is 32.9 Å². The molecular weight excluding hydrogens is 200 g/mol. The minimum absolute atomic E-state index is 0.0994. The molecule has 0 unspecified atom stereocenters. The molecule has 0 spiro atoms. The quantitative estimate of drug-likeness (QED) is 0.606. The highest BCUT2D eigenvalue weighted by Gasteiger charge is 2.10. The van der Waals surface area contributed by atoms with Crippen molar-refractivity contribution in [3.05, 3.63) is 22.8 Å². The molecule has 1 rings (SSSR count). The third-order valence-corrected chi connectivity index (χ3v) is 1.65. The molecular formula is C10H13ClN2O. The van der Waals surface area contributed by atoms with E-state index < -0.39 is 0 Å². The van der Waals surface area contributed by atoms with Crippen LogP contribution in [-0.2, 0) is 0 Å². The molecule has 0 aliphatic rings. The van der Waals surface area contributed by atoms with Crippen LogP contribution in [0.25, 0.3) is 0 Å². The molecule has 0 amide bonds. The summed E-state index contributed by atoms with van der Waals surface area (Å²) in [5.74, 6) is 0.618. The number of nitrogens with zero attached hydrogens (tertiary/aromatic N) is 1. The number of carbonyl (C=O) groups excluding carboxylic acids is 1. The molecule has 1 heterocycles. The number of rotatable bonds is 2. The Labute approximate surface area is 88.5 Å². The summed E-state index contributed by atoms with van der Waals surface area (Å²) in [5, 5.41) is 3.46. The van der Waals surface area contributed by atoms with Crippen LogP contribution in [0.15, 0.2) is 12.1 Å². The second kappa shape index (κ2) is 3.96. The predicted molar refractivity (Wildman–Crippen MR) is 58.0 cm³/mol. The lowest BCUT2D eigenvalue weighted by molar-refractivity contribution is 0.112. The van der Waals surface area contributed by atoms with Gasteiger partial charge in [0.05, 0.1) is 0 Å². The first-order valence-electron chi connectivity index (χ1n) is 4.32. The van der Waals surface area contributed by atoms with E-state index in [1.165, 1.54) is 6.07 Å². The summed E-state index contributed by atoms with van der Waals surface area (Å²) < 4.78 is 0. The zero-order valence-corrected chi connectivity index (χ0v) is 9.22. The molecule has 0 aliphatic carbocycles. The second-order valence-corrected chi connectivity index (χ2v) is 4.49. The molecule has 0 fully saturated rings. The number of aromatic nitrogens is 1. The lowest BCUT2D eigenvalue weighted by atomic mass is 10.1. The summed E-state index contributed by atoms with van der Waals surface area (Å²) in [6.45, 7) is 6.03. The van der Waals surface area contributed by atoms with Gasteiger partial charge < -0.3 is 5.32 Å². The van der Waals surface area contributed by atoms with Crippen LogP contribution >= 0.6 is 11.6 Å². The van der Waals surface area contributed by atoms with Gasteiger partial charge in [-0.15, -0.1) is 0 Å². The average molecular weight is 213 g/mol. The van der Waals surface area contributed by atoms with Gasteiger partial charge in [0.1, 0.15) is 17.3 Å². The molecule has 1 aromatic rings. The van der Waals surface area contributed by atoms with Crippen LogP contribution in [0.3, 0.4) is 0 Å². The number of halogens is 1. The van der Waals surface area contributed by atoms with E-state index >= 15 is 0 Å². The molecule has 0 saturated heterocycles. The van der Waals surface area contributed by atoms with Crippen molar-refractivity contribution in [1.82, 2.24) is 4.98 Å². The van der Waals surface area contributed by atoms with E-state index in [4.69, 9.17) is 11.6 Å². The van der Waals surface area contributed by atoms with Gasteiger partial charge in [0, 0.05) is 11.1 Å². The fourth-order valence-electron chi connectivity index (χ4n) is 1.03. The first-order valence-corrected chi connectivity index (χ1v) is 4.69. The Hall–Kier alpha value is -1.09. The van der Waals surface area contributed by atoms with Gasteiger partial charge in [-0.25, -0.2) is 4.98 Å². The van der Waals surface area contributed by atoms with Gasteiger partial charge >= 0.3 is 0 Å². The van der Waals surface area contributed by atoms with Gasteiger partial charge in [-0.1, -0.05) is 11.6 Å². The zero-order valence-electron chi connectivity index (χ0n) is 8.47. The fraction of sp³-hybridized carbons (Fsp3) is 0.400. The number of pyridine rings is 1. The number of nitrogens with one attached hydrogen (secondary N) is 1. The largest absolute Gasteiger partial charge is 0.365 e. The maximum absolute atomic E-state index is 10.6. The van der Waals surface area contributed by atoms with Crippen molar-refractivity contribution >= 4 is 23.7 Å². The Kier molecular flexibility index (Phi) is 3.11. The van der Waals surface area contributed by atoms with Crippen molar-refractivity contribution in [2.24, 2.45) is 0 Å². The highest BCUT2D eigenvalue weighted by molar-refractivity contribution is 6.29. The summed E-state index contributed by atoms with van der Waals surface area (Å²) in [5.41, 5.74) is 0.425. The SMILES string of the molecule is CC(C)(C)Nc1cc(C=O)cc(Cl)n1. The standard InChI is InChI=1S/C10H13ClN2O/c1-10(2,3)13-9-5-7(6-14)4-8(11)12-9/h4-6H,1-3H3,(H,12,13). The summed E-state index contributed by atoms with van der Waals surface area (Å²) >= 11 is 5.75. The molecule has 4 heteroatoms. The van der Waals surface area contributed by atoms with Crippen molar-refractivity contribution in [2.75, 3.05) is 5.32 Å². The number of aldehydes is 1. The minimum atomic E-state index is -0.0994. The molecule has 14 heavy (non-hydrogen) atoms. The third kappa shape index (κ3) is 3.34. The van der Waals surface area contributed by atoms with Crippen molar-refractivity contribution in [2.45, 2.75) is 26.3 Å². The van der Waals surface area contributed by atoms with E-state index in [1.807, 2.05) is 20.8 Å². The monoisotopic (exact) mass is 212 g/mol. The molecule has 3 nitrogen and oxygen atoms in total. The molecule has 0 radical (unpaired) electrons. The van der Waals surface area contributed by atoms with Crippen molar-refractivity contribution in [3.63, 3.8) is 0 Å². The van der Waals surface area contributed by atoms with E-state index in [-0.39, 0.29) is 5.54 Å². The van der Waals surface area contributed by atoms with Gasteiger partial charge in [0.25, 0.3) is 0 Å². The Morgan fingerprint density at radius 2 is 2.07 bits per heavy atom. The number of hydrogen-bond acceptors (Lipinski definition) is 3. The Morgan fingerprint density at radius 3 is 2.57 bits per heavy atom. The molecule has 1 aromatic heterocycles. The zero-order chi connectivity index (χ0) is 10.8. The number of hydrogen-bond donors (Lipinski definition) is 1. The second-order valence-electron chi connectivity index (χ2n) is 4.10. The lowest BCUT2D eigenvalue weighted by Crippen LogP contribution is -2.26. The Balaban J connectivity index is 2.98. The van der Waals surface area contributed by atoms with Crippen LogP contribution < -0.4 is 5.32 Å². The van der Waals surface area contributed by atoms with Crippen molar-refractivity contribution in [1.29, 1.82) is 0 Å². The predicted octanol–water partition coefficient (Wildman–Crippen LogP) is 2.76. The average Bonchev–Trinajstić information content (AvgIpc) is 1.99. The number of carbonyl (C=O) groups is 1. The Morgan fingerprint density at radius 1 is 1.43 bits per heavy atom. The lowest BCUT2D eigenvalue weighted by Gasteiger charge is -2.21. The normalized spacial score (nSPS) is 11.1. The van der Waals surface area contributed by atoms with E-state index in [9.17, 15) is 4.79 Å². The van der Waals surface area contributed by atoms with Gasteiger partial charge in [-0.3, -0.25) is 4.79 Å². The molecule has 76 valence electrons. The van der Waals surface area contributed by atoms with Crippen LogP contribution in [0.2, 0.25) is 5.15 Å². The minimum Gasteiger partial charge on any atom is -0.365 e. The summed E-state index contributed by atoms with van der Waals surface area (Å²) in [6.07, 6.45) is 0.751. The van der Waals surface area contributed by atoms with Crippen LogP contribution in [0.5, 0.6) is 0 Å². The molecule has 0 saturated carbocycles. The molecule has 1 N–H and O–H groups in total. The van der Waals surface area contributed by atoms with Crippen LogP contribution in [-0.4, -0.2) is 16.8 Å². The maximum atomic E-state index is 10.6. The highest BCUT2D eigenvalue weighted by Crippen LogP contribution is 2.16.